The number of hydrogen-bond donors (Lipinski definition) is 1. The van der Waals surface area contributed by atoms with E-state index in [1.807, 2.05) is 0 Å². The number of nitro groups is 1. The van der Waals surface area contributed by atoms with Crippen molar-refractivity contribution in [1.29, 1.82) is 0 Å². The number of imidazole rings is 1. The lowest BCUT2D eigenvalue weighted by molar-refractivity contribution is -0.384. The first-order chi connectivity index (χ1) is 12.3. The van der Waals surface area contributed by atoms with E-state index in [1.54, 1.807) is 17.7 Å². The van der Waals surface area contributed by atoms with Crippen LogP contribution in [0.4, 0.5) is 11.4 Å². The minimum Gasteiger partial charge on any atom is -0.383 e. The van der Waals surface area contributed by atoms with Crippen molar-refractivity contribution in [2.45, 2.75) is 6.54 Å². The van der Waals surface area contributed by atoms with Crippen molar-refractivity contribution in [2.75, 3.05) is 11.9 Å². The van der Waals surface area contributed by atoms with Gasteiger partial charge in [-0.3, -0.25) is 24.0 Å². The lowest BCUT2D eigenvalue weighted by Crippen LogP contribution is -2.37. The van der Waals surface area contributed by atoms with Crippen LogP contribution in [0.5, 0.6) is 0 Å². The number of anilines is 1. The highest BCUT2D eigenvalue weighted by atomic mass is 35.5. The molecule has 0 saturated heterocycles. The fraction of sp³-hybridized carbons (Fsp3) is 0.267. The molecule has 1 aromatic carbocycles. The SMILES string of the molecule is Cn1c(=O)c2c(ncn2CCNc2ccc(Cl)c([N+](=O)[O-])c2)n(C)c1=O. The number of rotatable bonds is 5. The molecule has 0 fully saturated rings. The number of halogens is 1. The number of hydrogen-bond acceptors (Lipinski definition) is 6. The average molecular weight is 379 g/mol. The van der Waals surface area contributed by atoms with Crippen LogP contribution < -0.4 is 16.6 Å². The van der Waals surface area contributed by atoms with Crippen LogP contribution in [0.25, 0.3) is 11.2 Å². The van der Waals surface area contributed by atoms with Crippen molar-refractivity contribution in [3.63, 3.8) is 0 Å². The van der Waals surface area contributed by atoms with Crippen molar-refractivity contribution in [3.8, 4) is 0 Å². The number of fused-ring (bicyclic) bond motifs is 1. The Kier molecular flexibility index (Phi) is 4.51. The molecule has 3 rings (SSSR count). The Morgan fingerprint density at radius 1 is 1.27 bits per heavy atom. The fourth-order valence-electron chi connectivity index (χ4n) is 2.65. The Morgan fingerprint density at radius 2 is 2.00 bits per heavy atom. The molecule has 0 radical (unpaired) electrons. The van der Waals surface area contributed by atoms with Crippen LogP contribution in [0.2, 0.25) is 5.02 Å². The third kappa shape index (κ3) is 2.94. The van der Waals surface area contributed by atoms with E-state index in [0.717, 1.165) is 4.57 Å². The summed E-state index contributed by atoms with van der Waals surface area (Å²) < 4.78 is 3.97. The van der Waals surface area contributed by atoms with Gasteiger partial charge in [0.25, 0.3) is 11.2 Å². The molecule has 0 atom stereocenters. The summed E-state index contributed by atoms with van der Waals surface area (Å²) in [5.74, 6) is 0. The van der Waals surface area contributed by atoms with Gasteiger partial charge in [0.05, 0.1) is 11.3 Å². The molecule has 11 heteroatoms. The van der Waals surface area contributed by atoms with E-state index in [9.17, 15) is 19.7 Å². The standard InChI is InChI=1S/C15H15ClN6O4/c1-19-13-12(14(23)20(2)15(19)24)21(8-18-13)6-5-17-9-3-4-10(16)11(7-9)22(25)26/h3-4,7-8,17H,5-6H2,1-2H3. The van der Waals surface area contributed by atoms with E-state index in [1.165, 1.54) is 30.1 Å². The van der Waals surface area contributed by atoms with Crippen LogP contribution in [0.3, 0.4) is 0 Å². The molecule has 0 aliphatic rings. The Balaban J connectivity index is 1.84. The van der Waals surface area contributed by atoms with E-state index in [0.29, 0.717) is 29.9 Å². The van der Waals surface area contributed by atoms with E-state index in [2.05, 4.69) is 10.3 Å². The van der Waals surface area contributed by atoms with Gasteiger partial charge in [0.2, 0.25) is 0 Å². The predicted octanol–water partition coefficient (Wildman–Crippen LogP) is 1.11. The Bertz CT molecular complexity index is 1130. The van der Waals surface area contributed by atoms with Crippen molar-refractivity contribution >= 4 is 34.1 Å². The molecule has 1 N–H and O–H groups in total. The molecule has 2 aromatic heterocycles. The smallest absolute Gasteiger partial charge is 0.332 e. The molecule has 0 unspecified atom stereocenters. The second-order valence-corrected chi connectivity index (χ2v) is 6.07. The van der Waals surface area contributed by atoms with Crippen LogP contribution in [-0.4, -0.2) is 30.2 Å². The molecule has 136 valence electrons. The van der Waals surface area contributed by atoms with E-state index >= 15 is 0 Å². The average Bonchev–Trinajstić information content (AvgIpc) is 3.03. The normalized spacial score (nSPS) is 11.0. The monoisotopic (exact) mass is 378 g/mol. The van der Waals surface area contributed by atoms with Gasteiger partial charge in [0, 0.05) is 38.9 Å². The summed E-state index contributed by atoms with van der Waals surface area (Å²) in [6.45, 7) is 0.761. The Hall–Kier alpha value is -3.14. The molecular formula is C15H15ClN6O4. The molecule has 0 bridgehead atoms. The van der Waals surface area contributed by atoms with Gasteiger partial charge in [-0.25, -0.2) is 9.78 Å². The molecular weight excluding hydrogens is 364 g/mol. The second-order valence-electron chi connectivity index (χ2n) is 5.67. The minimum absolute atomic E-state index is 0.0607. The van der Waals surface area contributed by atoms with E-state index in [4.69, 9.17) is 11.6 Å². The largest absolute Gasteiger partial charge is 0.383 e. The first kappa shape index (κ1) is 17.7. The maximum absolute atomic E-state index is 12.4. The maximum Gasteiger partial charge on any atom is 0.332 e. The van der Waals surface area contributed by atoms with E-state index < -0.39 is 16.2 Å². The summed E-state index contributed by atoms with van der Waals surface area (Å²) in [4.78, 5) is 38.8. The molecule has 3 aromatic rings. The van der Waals surface area contributed by atoms with Crippen molar-refractivity contribution < 1.29 is 4.92 Å². The van der Waals surface area contributed by atoms with Crippen LogP contribution >= 0.6 is 11.6 Å². The quantitative estimate of drug-likeness (QED) is 0.525. The summed E-state index contributed by atoms with van der Waals surface area (Å²) in [7, 11) is 2.96. The topological polar surface area (TPSA) is 117 Å². The van der Waals surface area contributed by atoms with E-state index in [-0.39, 0.29) is 10.7 Å². The molecule has 10 nitrogen and oxygen atoms in total. The van der Waals surface area contributed by atoms with Gasteiger partial charge in [0.1, 0.15) is 5.02 Å². The van der Waals surface area contributed by atoms with Gasteiger partial charge in [-0.05, 0) is 12.1 Å². The number of aromatic nitrogens is 4. The van der Waals surface area contributed by atoms with Crippen LogP contribution in [0.1, 0.15) is 0 Å². The summed E-state index contributed by atoms with van der Waals surface area (Å²) in [5, 5.41) is 14.0. The number of benzene rings is 1. The highest BCUT2D eigenvalue weighted by Gasteiger charge is 2.15. The number of nitro benzene ring substituents is 1. The Morgan fingerprint density at radius 3 is 2.69 bits per heavy atom. The second kappa shape index (κ2) is 6.64. The Labute approximate surface area is 151 Å². The first-order valence-corrected chi connectivity index (χ1v) is 7.97. The highest BCUT2D eigenvalue weighted by Crippen LogP contribution is 2.27. The van der Waals surface area contributed by atoms with Crippen molar-refractivity contribution in [1.82, 2.24) is 18.7 Å². The lowest BCUT2D eigenvalue weighted by atomic mass is 10.3. The third-order valence-corrected chi connectivity index (χ3v) is 4.36. The molecule has 0 aliphatic carbocycles. The van der Waals surface area contributed by atoms with Gasteiger partial charge < -0.3 is 9.88 Å². The number of nitrogens with zero attached hydrogens (tertiary/aromatic N) is 5. The molecule has 0 amide bonds. The van der Waals surface area contributed by atoms with Gasteiger partial charge in [0.15, 0.2) is 11.2 Å². The maximum atomic E-state index is 12.4. The van der Waals surface area contributed by atoms with Crippen LogP contribution in [0, 0.1) is 10.1 Å². The van der Waals surface area contributed by atoms with Gasteiger partial charge >= 0.3 is 5.69 Å². The zero-order valence-electron chi connectivity index (χ0n) is 14.0. The predicted molar refractivity (Wildman–Crippen MR) is 96.8 cm³/mol. The van der Waals surface area contributed by atoms with Crippen molar-refractivity contribution in [2.24, 2.45) is 14.1 Å². The summed E-state index contributed by atoms with van der Waals surface area (Å²) in [6.07, 6.45) is 1.48. The fourth-order valence-corrected chi connectivity index (χ4v) is 2.84. The molecule has 26 heavy (non-hydrogen) atoms. The first-order valence-electron chi connectivity index (χ1n) is 7.60. The third-order valence-electron chi connectivity index (χ3n) is 4.04. The van der Waals surface area contributed by atoms with Crippen LogP contribution in [-0.2, 0) is 20.6 Å². The summed E-state index contributed by atoms with van der Waals surface area (Å²) in [5.41, 5.74) is 0.0974. The summed E-state index contributed by atoms with van der Waals surface area (Å²) in [6, 6.07) is 4.42. The highest BCUT2D eigenvalue weighted by molar-refractivity contribution is 6.32. The molecule has 0 saturated carbocycles. The van der Waals surface area contributed by atoms with Crippen molar-refractivity contribution in [3.05, 3.63) is 60.5 Å². The molecule has 2 heterocycles. The van der Waals surface area contributed by atoms with Crippen LogP contribution in [0.15, 0.2) is 34.1 Å². The molecule has 0 aliphatic heterocycles. The van der Waals surface area contributed by atoms with Gasteiger partial charge in [-0.1, -0.05) is 11.6 Å². The molecule has 0 spiro atoms. The zero-order valence-corrected chi connectivity index (χ0v) is 14.7. The number of aryl methyl sites for hydroxylation is 1. The zero-order chi connectivity index (χ0) is 19.0. The summed E-state index contributed by atoms with van der Waals surface area (Å²) >= 11 is 5.78. The van der Waals surface area contributed by atoms with Gasteiger partial charge in [-0.15, -0.1) is 0 Å². The minimum atomic E-state index is -0.554. The lowest BCUT2D eigenvalue weighted by Gasteiger charge is -2.09. The number of nitrogens with one attached hydrogen (secondary N) is 1. The van der Waals surface area contributed by atoms with Gasteiger partial charge in [-0.2, -0.15) is 0 Å².